The molecule has 6 heteroatoms. The van der Waals surface area contributed by atoms with Gasteiger partial charge >= 0.3 is 0 Å². The summed E-state index contributed by atoms with van der Waals surface area (Å²) in [4.78, 5) is 8.34. The normalized spacial score (nSPS) is 12.4. The third-order valence-corrected chi connectivity index (χ3v) is 3.03. The molecule has 0 radical (unpaired) electrons. The van der Waals surface area contributed by atoms with Crippen molar-refractivity contribution in [2.75, 3.05) is 0 Å². The number of hydrogen-bond acceptors (Lipinski definition) is 4. The highest BCUT2D eigenvalue weighted by Gasteiger charge is 2.18. The van der Waals surface area contributed by atoms with E-state index in [-0.39, 0.29) is 5.82 Å². The highest BCUT2D eigenvalue weighted by atomic mass is 79.9. The van der Waals surface area contributed by atoms with E-state index in [9.17, 15) is 4.39 Å². The van der Waals surface area contributed by atoms with Gasteiger partial charge in [0.15, 0.2) is 0 Å². The van der Waals surface area contributed by atoms with Crippen molar-refractivity contribution in [3.8, 4) is 0 Å². The highest BCUT2D eigenvalue weighted by Crippen LogP contribution is 2.25. The predicted molar refractivity (Wildman–Crippen MR) is 70.0 cm³/mol. The molecule has 3 N–H and O–H groups in total. The van der Waals surface area contributed by atoms with Gasteiger partial charge in [-0.2, -0.15) is 0 Å². The maximum atomic E-state index is 13.8. The molecule has 18 heavy (non-hydrogen) atoms. The molecule has 0 amide bonds. The SMILES string of the molecule is Cc1cnc(C(NN)c2cc(Br)ccc2F)cn1. The van der Waals surface area contributed by atoms with Crippen LogP contribution in [0.4, 0.5) is 4.39 Å². The van der Waals surface area contributed by atoms with Gasteiger partial charge in [-0.15, -0.1) is 0 Å². The Morgan fingerprint density at radius 2 is 2.11 bits per heavy atom. The first kappa shape index (κ1) is 13.1. The van der Waals surface area contributed by atoms with Crippen molar-refractivity contribution in [1.82, 2.24) is 15.4 Å². The number of nitrogens with two attached hydrogens (primary N) is 1. The van der Waals surface area contributed by atoms with Crippen LogP contribution < -0.4 is 11.3 Å². The maximum absolute atomic E-state index is 13.8. The Kier molecular flexibility index (Phi) is 4.00. The van der Waals surface area contributed by atoms with Crippen LogP contribution in [0.25, 0.3) is 0 Å². The molecular weight excluding hydrogens is 299 g/mol. The molecule has 4 nitrogen and oxygen atoms in total. The predicted octanol–water partition coefficient (Wildman–Crippen LogP) is 2.24. The fourth-order valence-corrected chi connectivity index (χ4v) is 2.00. The average molecular weight is 311 g/mol. The summed E-state index contributed by atoms with van der Waals surface area (Å²) in [5, 5.41) is 0. The minimum absolute atomic E-state index is 0.344. The molecule has 1 heterocycles. The van der Waals surface area contributed by atoms with E-state index in [1.807, 2.05) is 6.92 Å². The first-order valence-corrected chi connectivity index (χ1v) is 6.10. The summed E-state index contributed by atoms with van der Waals surface area (Å²) in [7, 11) is 0. The van der Waals surface area contributed by atoms with E-state index >= 15 is 0 Å². The average Bonchev–Trinajstić information content (AvgIpc) is 2.37. The minimum atomic E-state index is -0.532. The number of benzene rings is 1. The van der Waals surface area contributed by atoms with E-state index in [4.69, 9.17) is 5.84 Å². The number of halogens is 2. The Morgan fingerprint density at radius 3 is 2.72 bits per heavy atom. The van der Waals surface area contributed by atoms with Crippen LogP contribution in [-0.2, 0) is 0 Å². The van der Waals surface area contributed by atoms with Gasteiger partial charge in [-0.05, 0) is 25.1 Å². The van der Waals surface area contributed by atoms with E-state index < -0.39 is 6.04 Å². The van der Waals surface area contributed by atoms with Gasteiger partial charge in [-0.25, -0.2) is 9.82 Å². The molecule has 0 aliphatic carbocycles. The van der Waals surface area contributed by atoms with Gasteiger partial charge in [0.2, 0.25) is 0 Å². The lowest BCUT2D eigenvalue weighted by Crippen LogP contribution is -2.30. The number of nitrogens with zero attached hydrogens (tertiary/aromatic N) is 2. The van der Waals surface area contributed by atoms with Crippen LogP contribution in [0.2, 0.25) is 0 Å². The monoisotopic (exact) mass is 310 g/mol. The zero-order valence-electron chi connectivity index (χ0n) is 9.69. The summed E-state index contributed by atoms with van der Waals surface area (Å²) < 4.78 is 14.6. The summed E-state index contributed by atoms with van der Waals surface area (Å²) >= 11 is 3.31. The van der Waals surface area contributed by atoms with Crippen LogP contribution in [0.3, 0.4) is 0 Å². The third kappa shape index (κ3) is 2.72. The second-order valence-electron chi connectivity index (χ2n) is 3.85. The Hall–Kier alpha value is -1.37. The van der Waals surface area contributed by atoms with Crippen molar-refractivity contribution in [3.05, 3.63) is 57.8 Å². The molecule has 2 rings (SSSR count). The largest absolute Gasteiger partial charge is 0.271 e. The Morgan fingerprint density at radius 1 is 1.33 bits per heavy atom. The quantitative estimate of drug-likeness (QED) is 0.674. The van der Waals surface area contributed by atoms with Crippen LogP contribution in [0.5, 0.6) is 0 Å². The van der Waals surface area contributed by atoms with Crippen molar-refractivity contribution >= 4 is 15.9 Å². The number of nitrogens with one attached hydrogen (secondary N) is 1. The summed E-state index contributed by atoms with van der Waals surface area (Å²) in [6, 6.07) is 4.15. The van der Waals surface area contributed by atoms with Crippen LogP contribution >= 0.6 is 15.9 Å². The van der Waals surface area contributed by atoms with Crippen LogP contribution in [-0.4, -0.2) is 9.97 Å². The summed E-state index contributed by atoms with van der Waals surface area (Å²) in [5.74, 6) is 5.15. The topological polar surface area (TPSA) is 63.8 Å². The molecule has 1 unspecified atom stereocenters. The number of rotatable bonds is 3. The van der Waals surface area contributed by atoms with Gasteiger partial charge in [0.25, 0.3) is 0 Å². The standard InChI is InChI=1S/C12H12BrFN4/c1-7-5-17-11(6-16-7)12(18-15)9-4-8(13)2-3-10(9)14/h2-6,12,18H,15H2,1H3. The zero-order chi connectivity index (χ0) is 13.1. The van der Waals surface area contributed by atoms with Gasteiger partial charge in [-0.1, -0.05) is 15.9 Å². The molecule has 0 fully saturated rings. The van der Waals surface area contributed by atoms with Crippen molar-refractivity contribution in [2.24, 2.45) is 5.84 Å². The zero-order valence-corrected chi connectivity index (χ0v) is 11.3. The number of hydrogen-bond donors (Lipinski definition) is 2. The van der Waals surface area contributed by atoms with Gasteiger partial charge < -0.3 is 0 Å². The van der Waals surface area contributed by atoms with E-state index in [0.29, 0.717) is 11.3 Å². The maximum Gasteiger partial charge on any atom is 0.128 e. The highest BCUT2D eigenvalue weighted by molar-refractivity contribution is 9.10. The first-order valence-electron chi connectivity index (χ1n) is 5.31. The minimum Gasteiger partial charge on any atom is -0.271 e. The van der Waals surface area contributed by atoms with Crippen molar-refractivity contribution < 1.29 is 4.39 Å². The molecule has 0 bridgehead atoms. The fraction of sp³-hybridized carbons (Fsp3) is 0.167. The molecule has 94 valence electrons. The van der Waals surface area contributed by atoms with E-state index in [2.05, 4.69) is 31.3 Å². The molecule has 0 saturated heterocycles. The van der Waals surface area contributed by atoms with Crippen molar-refractivity contribution in [3.63, 3.8) is 0 Å². The van der Waals surface area contributed by atoms with Gasteiger partial charge in [0.1, 0.15) is 5.82 Å². The number of aromatic nitrogens is 2. The van der Waals surface area contributed by atoms with E-state index in [1.165, 1.54) is 6.07 Å². The lowest BCUT2D eigenvalue weighted by atomic mass is 10.0. The molecule has 2 aromatic rings. The van der Waals surface area contributed by atoms with E-state index in [0.717, 1.165) is 10.2 Å². The Labute approximate surface area is 113 Å². The first-order chi connectivity index (χ1) is 8.61. The smallest absolute Gasteiger partial charge is 0.128 e. The molecule has 1 atom stereocenters. The summed E-state index contributed by atoms with van der Waals surface area (Å²) in [6.45, 7) is 1.83. The number of hydrazine groups is 1. The second kappa shape index (κ2) is 5.51. The summed E-state index contributed by atoms with van der Waals surface area (Å²) in [6.07, 6.45) is 3.20. The van der Waals surface area contributed by atoms with Gasteiger partial charge in [0, 0.05) is 16.2 Å². The van der Waals surface area contributed by atoms with Gasteiger partial charge in [0.05, 0.1) is 23.6 Å². The molecule has 0 aliphatic heterocycles. The fourth-order valence-electron chi connectivity index (χ4n) is 1.62. The molecular formula is C12H12BrFN4. The molecule has 1 aromatic carbocycles. The van der Waals surface area contributed by atoms with Crippen LogP contribution in [0.15, 0.2) is 35.1 Å². The summed E-state index contributed by atoms with van der Waals surface area (Å²) in [5.41, 5.74) is 4.35. The van der Waals surface area contributed by atoms with Crippen molar-refractivity contribution in [1.29, 1.82) is 0 Å². The third-order valence-electron chi connectivity index (χ3n) is 2.53. The lowest BCUT2D eigenvalue weighted by Gasteiger charge is -2.16. The molecule has 0 saturated carbocycles. The molecule has 0 spiro atoms. The number of aryl methyl sites for hydroxylation is 1. The van der Waals surface area contributed by atoms with Crippen LogP contribution in [0, 0.1) is 12.7 Å². The van der Waals surface area contributed by atoms with E-state index in [1.54, 1.807) is 24.5 Å². The molecule has 0 aliphatic rings. The Bertz CT molecular complexity index is 544. The van der Waals surface area contributed by atoms with Crippen molar-refractivity contribution in [2.45, 2.75) is 13.0 Å². The van der Waals surface area contributed by atoms with Gasteiger partial charge in [-0.3, -0.25) is 15.8 Å². The van der Waals surface area contributed by atoms with Crippen LogP contribution in [0.1, 0.15) is 23.0 Å². The lowest BCUT2D eigenvalue weighted by molar-refractivity contribution is 0.551. The molecule has 1 aromatic heterocycles. The second-order valence-corrected chi connectivity index (χ2v) is 4.76. The Balaban J connectivity index is 2.44.